The van der Waals surface area contributed by atoms with Gasteiger partial charge in [0.2, 0.25) is 0 Å². The Balaban J connectivity index is 1.70. The molecule has 1 saturated heterocycles. The SMILES string of the molecule is CCOc1ccccc1CN1CCN(Cc2cc(OC)ccc2OC)CC1CCO. The lowest BCUT2D eigenvalue weighted by molar-refractivity contribution is 0.0490. The lowest BCUT2D eigenvalue weighted by Crippen LogP contribution is -2.52. The van der Waals surface area contributed by atoms with Crippen molar-refractivity contribution in [3.63, 3.8) is 0 Å². The molecule has 1 aliphatic rings. The predicted molar refractivity (Wildman–Crippen MR) is 118 cm³/mol. The van der Waals surface area contributed by atoms with E-state index >= 15 is 0 Å². The number of hydrogen-bond acceptors (Lipinski definition) is 6. The van der Waals surface area contributed by atoms with Gasteiger partial charge in [0, 0.05) is 56.5 Å². The summed E-state index contributed by atoms with van der Waals surface area (Å²) in [6.45, 7) is 7.28. The molecule has 30 heavy (non-hydrogen) atoms. The van der Waals surface area contributed by atoms with Crippen molar-refractivity contribution < 1.29 is 19.3 Å². The van der Waals surface area contributed by atoms with Crippen molar-refractivity contribution in [1.82, 2.24) is 9.80 Å². The van der Waals surface area contributed by atoms with Gasteiger partial charge >= 0.3 is 0 Å². The zero-order chi connectivity index (χ0) is 21.3. The van der Waals surface area contributed by atoms with E-state index in [0.717, 1.165) is 62.0 Å². The summed E-state index contributed by atoms with van der Waals surface area (Å²) in [5.41, 5.74) is 2.32. The van der Waals surface area contributed by atoms with Crippen molar-refractivity contribution >= 4 is 0 Å². The number of benzene rings is 2. The van der Waals surface area contributed by atoms with Gasteiger partial charge in [-0.1, -0.05) is 18.2 Å². The van der Waals surface area contributed by atoms with E-state index in [1.807, 2.05) is 37.3 Å². The van der Waals surface area contributed by atoms with Gasteiger partial charge in [-0.3, -0.25) is 9.80 Å². The summed E-state index contributed by atoms with van der Waals surface area (Å²) in [5, 5.41) is 9.66. The second kappa shape index (κ2) is 11.2. The van der Waals surface area contributed by atoms with E-state index in [9.17, 15) is 5.11 Å². The van der Waals surface area contributed by atoms with E-state index in [1.54, 1.807) is 14.2 Å². The lowest BCUT2D eigenvalue weighted by Gasteiger charge is -2.41. The number of para-hydroxylation sites is 1. The van der Waals surface area contributed by atoms with Crippen molar-refractivity contribution in [2.24, 2.45) is 0 Å². The second-order valence-electron chi connectivity index (χ2n) is 7.59. The Labute approximate surface area is 180 Å². The maximum Gasteiger partial charge on any atom is 0.123 e. The maximum atomic E-state index is 9.66. The molecule has 6 nitrogen and oxygen atoms in total. The molecular formula is C24H34N2O4. The van der Waals surface area contributed by atoms with Gasteiger partial charge in [0.15, 0.2) is 0 Å². The van der Waals surface area contributed by atoms with Crippen LogP contribution in [-0.2, 0) is 13.1 Å². The Hall–Kier alpha value is -2.28. The number of aliphatic hydroxyl groups excluding tert-OH is 1. The number of aliphatic hydroxyl groups is 1. The van der Waals surface area contributed by atoms with Gasteiger partial charge < -0.3 is 19.3 Å². The molecule has 0 amide bonds. The third-order valence-corrected chi connectivity index (χ3v) is 5.68. The minimum Gasteiger partial charge on any atom is -0.497 e. The van der Waals surface area contributed by atoms with Gasteiger partial charge in [0.1, 0.15) is 17.2 Å². The molecule has 1 atom stereocenters. The molecule has 0 radical (unpaired) electrons. The Morgan fingerprint density at radius 2 is 1.80 bits per heavy atom. The number of hydrogen-bond donors (Lipinski definition) is 1. The van der Waals surface area contributed by atoms with Crippen molar-refractivity contribution in [2.75, 3.05) is 47.1 Å². The summed E-state index contributed by atoms with van der Waals surface area (Å²) in [5.74, 6) is 2.66. The van der Waals surface area contributed by atoms with Gasteiger partial charge in [0.25, 0.3) is 0 Å². The molecule has 1 N–H and O–H groups in total. The van der Waals surface area contributed by atoms with E-state index in [4.69, 9.17) is 14.2 Å². The van der Waals surface area contributed by atoms with Gasteiger partial charge in [-0.15, -0.1) is 0 Å². The summed E-state index contributed by atoms with van der Waals surface area (Å²) in [7, 11) is 3.38. The van der Waals surface area contributed by atoms with E-state index in [-0.39, 0.29) is 12.6 Å². The minimum atomic E-state index is 0.185. The Kier molecular flexibility index (Phi) is 8.37. The molecule has 1 fully saturated rings. The van der Waals surface area contributed by atoms with Crippen LogP contribution in [0.5, 0.6) is 17.2 Å². The molecular weight excluding hydrogens is 380 g/mol. The first-order valence-corrected chi connectivity index (χ1v) is 10.7. The predicted octanol–water partition coefficient (Wildman–Crippen LogP) is 3.17. The highest BCUT2D eigenvalue weighted by molar-refractivity contribution is 5.40. The first-order chi connectivity index (χ1) is 14.7. The molecule has 2 aromatic rings. The molecule has 0 aromatic heterocycles. The first kappa shape index (κ1) is 22.4. The average Bonchev–Trinajstić information content (AvgIpc) is 2.77. The maximum absolute atomic E-state index is 9.66. The quantitative estimate of drug-likeness (QED) is 0.645. The summed E-state index contributed by atoms with van der Waals surface area (Å²) in [6.07, 6.45) is 0.753. The molecule has 0 aliphatic carbocycles. The Morgan fingerprint density at radius 1 is 0.967 bits per heavy atom. The van der Waals surface area contributed by atoms with E-state index in [1.165, 1.54) is 5.56 Å². The topological polar surface area (TPSA) is 54.4 Å². The fraction of sp³-hybridized carbons (Fsp3) is 0.500. The third-order valence-electron chi connectivity index (χ3n) is 5.68. The van der Waals surface area contributed by atoms with Crippen LogP contribution >= 0.6 is 0 Å². The summed E-state index contributed by atoms with van der Waals surface area (Å²) < 4.78 is 16.7. The smallest absolute Gasteiger partial charge is 0.123 e. The van der Waals surface area contributed by atoms with Crippen LogP contribution in [0.4, 0.5) is 0 Å². The van der Waals surface area contributed by atoms with Crippen LogP contribution < -0.4 is 14.2 Å². The van der Waals surface area contributed by atoms with E-state index < -0.39 is 0 Å². The molecule has 6 heteroatoms. The van der Waals surface area contributed by atoms with Crippen LogP contribution in [0.2, 0.25) is 0 Å². The normalized spacial score (nSPS) is 17.7. The lowest BCUT2D eigenvalue weighted by atomic mass is 10.1. The van der Waals surface area contributed by atoms with Crippen LogP contribution in [0.1, 0.15) is 24.5 Å². The van der Waals surface area contributed by atoms with Crippen LogP contribution in [0.15, 0.2) is 42.5 Å². The summed E-state index contributed by atoms with van der Waals surface area (Å²) in [4.78, 5) is 4.90. The first-order valence-electron chi connectivity index (χ1n) is 10.7. The molecule has 1 unspecified atom stereocenters. The van der Waals surface area contributed by atoms with Gasteiger partial charge in [-0.2, -0.15) is 0 Å². The standard InChI is InChI=1S/C24H34N2O4/c1-4-30-24-8-6-5-7-19(24)17-26-13-12-25(18-21(26)11-14-27)16-20-15-22(28-2)9-10-23(20)29-3/h5-10,15,21,27H,4,11-14,16-18H2,1-3H3. The van der Waals surface area contributed by atoms with Crippen LogP contribution in [0.3, 0.4) is 0 Å². The Morgan fingerprint density at radius 3 is 2.53 bits per heavy atom. The number of rotatable bonds is 10. The highest BCUT2D eigenvalue weighted by Crippen LogP contribution is 2.28. The van der Waals surface area contributed by atoms with Crippen LogP contribution in [0.25, 0.3) is 0 Å². The number of piperazine rings is 1. The molecule has 2 aromatic carbocycles. The van der Waals surface area contributed by atoms with Gasteiger partial charge in [0.05, 0.1) is 20.8 Å². The van der Waals surface area contributed by atoms with E-state index in [2.05, 4.69) is 21.9 Å². The fourth-order valence-electron chi connectivity index (χ4n) is 4.13. The van der Waals surface area contributed by atoms with E-state index in [0.29, 0.717) is 6.61 Å². The van der Waals surface area contributed by atoms with Crippen molar-refractivity contribution in [3.05, 3.63) is 53.6 Å². The number of nitrogens with zero attached hydrogens (tertiary/aromatic N) is 2. The Bertz CT molecular complexity index is 799. The van der Waals surface area contributed by atoms with Crippen molar-refractivity contribution in [3.8, 4) is 17.2 Å². The van der Waals surface area contributed by atoms with Crippen molar-refractivity contribution in [1.29, 1.82) is 0 Å². The molecule has 3 rings (SSSR count). The minimum absolute atomic E-state index is 0.185. The van der Waals surface area contributed by atoms with Gasteiger partial charge in [-0.05, 0) is 37.6 Å². The zero-order valence-electron chi connectivity index (χ0n) is 18.3. The molecule has 0 bridgehead atoms. The monoisotopic (exact) mass is 414 g/mol. The molecule has 0 saturated carbocycles. The van der Waals surface area contributed by atoms with Crippen LogP contribution in [0, 0.1) is 0 Å². The van der Waals surface area contributed by atoms with Gasteiger partial charge in [-0.25, -0.2) is 0 Å². The summed E-state index contributed by atoms with van der Waals surface area (Å²) >= 11 is 0. The second-order valence-corrected chi connectivity index (χ2v) is 7.59. The zero-order valence-corrected chi connectivity index (χ0v) is 18.3. The van der Waals surface area contributed by atoms with Crippen molar-refractivity contribution in [2.45, 2.75) is 32.5 Å². The molecule has 1 heterocycles. The summed E-state index contributed by atoms with van der Waals surface area (Å²) in [6, 6.07) is 14.5. The van der Waals surface area contributed by atoms with Crippen LogP contribution in [-0.4, -0.2) is 68.0 Å². The number of ether oxygens (including phenoxy) is 3. The highest BCUT2D eigenvalue weighted by atomic mass is 16.5. The molecule has 1 aliphatic heterocycles. The molecule has 164 valence electrons. The fourth-order valence-corrected chi connectivity index (χ4v) is 4.13. The highest BCUT2D eigenvalue weighted by Gasteiger charge is 2.28. The average molecular weight is 415 g/mol. The number of methoxy groups -OCH3 is 2. The molecule has 0 spiro atoms. The third kappa shape index (κ3) is 5.65. The largest absolute Gasteiger partial charge is 0.497 e.